The van der Waals surface area contributed by atoms with Gasteiger partial charge < -0.3 is 20.2 Å². The van der Waals surface area contributed by atoms with Crippen molar-refractivity contribution < 1.29 is 23.5 Å². The van der Waals surface area contributed by atoms with Gasteiger partial charge in [0, 0.05) is 16.3 Å². The van der Waals surface area contributed by atoms with Crippen molar-refractivity contribution in [3.8, 4) is 0 Å². The average molecular weight is 388 g/mol. The largest absolute Gasteiger partial charge is 0.466 e. The van der Waals surface area contributed by atoms with Crippen molar-refractivity contribution in [1.82, 2.24) is 10.6 Å². The van der Waals surface area contributed by atoms with Gasteiger partial charge in [0.05, 0.1) is 12.8 Å². The Hall–Kier alpha value is -2.97. The van der Waals surface area contributed by atoms with Crippen LogP contribution in [0.3, 0.4) is 0 Å². The van der Waals surface area contributed by atoms with E-state index in [4.69, 9.17) is 4.42 Å². The molecule has 2 heterocycles. The number of benzene rings is 1. The minimum absolute atomic E-state index is 0.130. The van der Waals surface area contributed by atoms with Gasteiger partial charge in [-0.15, -0.1) is 11.3 Å². The molecule has 2 amide bonds. The number of nitrogens with one attached hydrogen (secondary N) is 2. The van der Waals surface area contributed by atoms with E-state index in [0.29, 0.717) is 16.2 Å². The van der Waals surface area contributed by atoms with Crippen LogP contribution in [-0.4, -0.2) is 16.9 Å². The normalized spacial score (nSPS) is 11.8. The summed E-state index contributed by atoms with van der Waals surface area (Å²) < 4.78 is 18.0. The zero-order valence-corrected chi connectivity index (χ0v) is 15.0. The number of carbonyl (C=O) groups is 2. The number of amides is 2. The van der Waals surface area contributed by atoms with Crippen molar-refractivity contribution >= 4 is 23.2 Å². The molecule has 3 N–H and O–H groups in total. The zero-order valence-electron chi connectivity index (χ0n) is 14.1. The molecule has 27 heavy (non-hydrogen) atoms. The summed E-state index contributed by atoms with van der Waals surface area (Å²) >= 11 is 1.31. The average Bonchev–Trinajstić information content (AvgIpc) is 3.37. The predicted octanol–water partition coefficient (Wildman–Crippen LogP) is 2.49. The van der Waals surface area contributed by atoms with Crippen LogP contribution < -0.4 is 10.6 Å². The monoisotopic (exact) mass is 388 g/mol. The van der Waals surface area contributed by atoms with Crippen molar-refractivity contribution in [2.75, 3.05) is 0 Å². The second-order valence-corrected chi connectivity index (χ2v) is 6.91. The van der Waals surface area contributed by atoms with Gasteiger partial charge in [-0.3, -0.25) is 9.59 Å². The van der Waals surface area contributed by atoms with Crippen LogP contribution in [0.2, 0.25) is 0 Å². The highest BCUT2D eigenvalue weighted by Crippen LogP contribution is 2.28. The molecule has 0 fully saturated rings. The fourth-order valence-electron chi connectivity index (χ4n) is 2.34. The van der Waals surface area contributed by atoms with Crippen LogP contribution in [0, 0.1) is 5.82 Å². The summed E-state index contributed by atoms with van der Waals surface area (Å²) in [4.78, 5) is 25.2. The third kappa shape index (κ3) is 5.02. The van der Waals surface area contributed by atoms with Gasteiger partial charge in [-0.25, -0.2) is 4.39 Å². The number of hydrogen-bond acceptors (Lipinski definition) is 5. The Bertz CT molecular complexity index is 906. The Kier molecular flexibility index (Phi) is 6.00. The summed E-state index contributed by atoms with van der Waals surface area (Å²) in [6.45, 7) is 0.295. The molecular weight excluding hydrogens is 371 g/mol. The van der Waals surface area contributed by atoms with Crippen molar-refractivity contribution in [2.45, 2.75) is 19.2 Å². The minimum atomic E-state index is -0.867. The van der Waals surface area contributed by atoms with Gasteiger partial charge in [0.25, 0.3) is 0 Å². The quantitative estimate of drug-likeness (QED) is 0.566. The number of aliphatic hydroxyl groups excluding tert-OH is 1. The van der Waals surface area contributed by atoms with E-state index in [0.717, 1.165) is 4.88 Å². The summed E-state index contributed by atoms with van der Waals surface area (Å²) in [5, 5.41) is 15.2. The topological polar surface area (TPSA) is 91.6 Å². The number of carbonyl (C=O) groups excluding carboxylic acids is 2. The van der Waals surface area contributed by atoms with E-state index >= 15 is 0 Å². The lowest BCUT2D eigenvalue weighted by Gasteiger charge is -2.06. The number of aliphatic hydroxyl groups is 1. The van der Waals surface area contributed by atoms with Crippen LogP contribution in [-0.2, 0) is 22.7 Å². The lowest BCUT2D eigenvalue weighted by Crippen LogP contribution is -2.39. The summed E-state index contributed by atoms with van der Waals surface area (Å²) in [6.07, 6.45) is 0.617. The molecule has 0 bridgehead atoms. The summed E-state index contributed by atoms with van der Waals surface area (Å²) in [7, 11) is 0. The van der Waals surface area contributed by atoms with Crippen LogP contribution >= 0.6 is 11.3 Å². The highest BCUT2D eigenvalue weighted by atomic mass is 32.1. The minimum Gasteiger partial charge on any atom is -0.466 e. The van der Waals surface area contributed by atoms with E-state index in [9.17, 15) is 19.1 Å². The molecule has 3 rings (SSSR count). The molecule has 6 nitrogen and oxygen atoms in total. The van der Waals surface area contributed by atoms with E-state index < -0.39 is 17.9 Å². The predicted molar refractivity (Wildman–Crippen MR) is 97.2 cm³/mol. The first kappa shape index (κ1) is 18.8. The Morgan fingerprint density at radius 2 is 1.74 bits per heavy atom. The standard InChI is InChI=1S/C19H17FN2O4S/c20-13-5-3-12(4-6-13)10-21-18(24)19(25)22-11-14-7-8-16(27-14)17(23)15-2-1-9-26-15/h1-9,17,23H,10-11H2,(H,21,24)(H,22,25). The molecule has 2 aromatic heterocycles. The summed E-state index contributed by atoms with van der Waals surface area (Å²) in [6, 6.07) is 12.5. The molecule has 0 saturated heterocycles. The Morgan fingerprint density at radius 3 is 2.41 bits per heavy atom. The smallest absolute Gasteiger partial charge is 0.309 e. The van der Waals surface area contributed by atoms with Crippen LogP contribution in [0.15, 0.2) is 59.2 Å². The molecule has 1 unspecified atom stereocenters. The Balaban J connectivity index is 1.47. The van der Waals surface area contributed by atoms with Crippen molar-refractivity contribution in [3.63, 3.8) is 0 Å². The van der Waals surface area contributed by atoms with Gasteiger partial charge in [-0.2, -0.15) is 0 Å². The van der Waals surface area contributed by atoms with Gasteiger partial charge >= 0.3 is 11.8 Å². The number of halogens is 1. The number of furan rings is 1. The fourth-order valence-corrected chi connectivity index (χ4v) is 3.28. The Morgan fingerprint density at radius 1 is 1.04 bits per heavy atom. The van der Waals surface area contributed by atoms with Crippen molar-refractivity contribution in [2.24, 2.45) is 0 Å². The van der Waals surface area contributed by atoms with Gasteiger partial charge in [0.15, 0.2) is 0 Å². The maximum atomic E-state index is 12.8. The van der Waals surface area contributed by atoms with E-state index in [1.54, 1.807) is 24.3 Å². The number of thiophene rings is 1. The third-order valence-corrected chi connectivity index (χ3v) is 4.90. The molecule has 1 aromatic carbocycles. The van der Waals surface area contributed by atoms with E-state index in [-0.39, 0.29) is 18.9 Å². The van der Waals surface area contributed by atoms with Gasteiger partial charge in [-0.1, -0.05) is 12.1 Å². The van der Waals surface area contributed by atoms with Crippen LogP contribution in [0.25, 0.3) is 0 Å². The van der Waals surface area contributed by atoms with Gasteiger partial charge in [0.1, 0.15) is 17.7 Å². The highest BCUT2D eigenvalue weighted by molar-refractivity contribution is 7.12. The molecule has 140 valence electrons. The van der Waals surface area contributed by atoms with Crippen LogP contribution in [0.5, 0.6) is 0 Å². The van der Waals surface area contributed by atoms with Gasteiger partial charge in [-0.05, 0) is 42.0 Å². The van der Waals surface area contributed by atoms with Gasteiger partial charge in [0.2, 0.25) is 0 Å². The summed E-state index contributed by atoms with van der Waals surface area (Å²) in [5.74, 6) is -1.46. The first-order valence-electron chi connectivity index (χ1n) is 8.13. The molecule has 0 aliphatic carbocycles. The maximum absolute atomic E-state index is 12.8. The van der Waals surface area contributed by atoms with Crippen molar-refractivity contribution in [3.05, 3.63) is 81.7 Å². The molecular formula is C19H17FN2O4S. The SMILES string of the molecule is O=C(NCc1ccc(F)cc1)C(=O)NCc1ccc(C(O)c2ccco2)s1. The molecule has 1 atom stereocenters. The fraction of sp³-hybridized carbons (Fsp3) is 0.158. The maximum Gasteiger partial charge on any atom is 0.309 e. The van der Waals surface area contributed by atoms with E-state index in [1.165, 1.54) is 41.9 Å². The second-order valence-electron chi connectivity index (χ2n) is 5.71. The zero-order chi connectivity index (χ0) is 19.2. The molecule has 0 aliphatic heterocycles. The molecule has 0 saturated carbocycles. The highest BCUT2D eigenvalue weighted by Gasteiger charge is 2.17. The van der Waals surface area contributed by atoms with Crippen LogP contribution in [0.1, 0.15) is 27.2 Å². The third-order valence-electron chi connectivity index (χ3n) is 3.76. The Labute approximate surface area is 158 Å². The molecule has 8 heteroatoms. The lowest BCUT2D eigenvalue weighted by atomic mass is 10.2. The van der Waals surface area contributed by atoms with E-state index in [2.05, 4.69) is 10.6 Å². The lowest BCUT2D eigenvalue weighted by molar-refractivity contribution is -0.139. The molecule has 0 spiro atoms. The number of rotatable bonds is 6. The summed E-state index contributed by atoms with van der Waals surface area (Å²) in [5.41, 5.74) is 0.687. The van der Waals surface area contributed by atoms with E-state index in [1.807, 2.05) is 0 Å². The first-order chi connectivity index (χ1) is 13.0. The molecule has 0 radical (unpaired) electrons. The molecule has 3 aromatic rings. The first-order valence-corrected chi connectivity index (χ1v) is 8.95. The molecule has 0 aliphatic rings. The van der Waals surface area contributed by atoms with Crippen LogP contribution in [0.4, 0.5) is 4.39 Å². The number of hydrogen-bond donors (Lipinski definition) is 3. The second kappa shape index (κ2) is 8.61. The van der Waals surface area contributed by atoms with Crippen molar-refractivity contribution in [1.29, 1.82) is 0 Å².